The van der Waals surface area contributed by atoms with Gasteiger partial charge >= 0.3 is 0 Å². The van der Waals surface area contributed by atoms with Gasteiger partial charge in [-0.15, -0.1) is 0 Å². The Bertz CT molecular complexity index is 214. The molecule has 14 heavy (non-hydrogen) atoms. The fraction of sp³-hybridized carbons (Fsp3) is 0.714. The van der Waals surface area contributed by atoms with Gasteiger partial charge in [-0.1, -0.05) is 0 Å². The molecular formula is C7H14N2O5. The molecule has 0 saturated carbocycles. The third-order valence-electron chi connectivity index (χ3n) is 1.88. The van der Waals surface area contributed by atoms with E-state index in [4.69, 9.17) is 21.7 Å². The van der Waals surface area contributed by atoms with Crippen molar-refractivity contribution in [3.8, 4) is 0 Å². The maximum atomic E-state index is 11.1. The summed E-state index contributed by atoms with van der Waals surface area (Å²) in [6, 6.07) is 0. The van der Waals surface area contributed by atoms with Crippen LogP contribution in [0.3, 0.4) is 0 Å². The van der Waals surface area contributed by atoms with Gasteiger partial charge in [-0.3, -0.25) is 9.59 Å². The van der Waals surface area contributed by atoms with Crippen molar-refractivity contribution in [3.63, 3.8) is 0 Å². The Kier molecular flexibility index (Phi) is 4.81. The molecule has 0 fully saturated rings. The first-order valence-electron chi connectivity index (χ1n) is 3.93. The van der Waals surface area contributed by atoms with E-state index in [0.29, 0.717) is 0 Å². The van der Waals surface area contributed by atoms with Crippen LogP contribution >= 0.6 is 0 Å². The number of rotatable bonds is 6. The van der Waals surface area contributed by atoms with E-state index in [1.807, 2.05) is 0 Å². The number of carbonyl (C=O) groups excluding carboxylic acids is 2. The summed E-state index contributed by atoms with van der Waals surface area (Å²) >= 11 is 0. The van der Waals surface area contributed by atoms with Crippen LogP contribution in [-0.2, 0) is 9.59 Å². The Hall–Kier alpha value is -0.860. The first kappa shape index (κ1) is 13.1. The molecule has 1 atom stereocenters. The summed E-state index contributed by atoms with van der Waals surface area (Å²) in [6.45, 7) is -2.19. The van der Waals surface area contributed by atoms with Gasteiger partial charge in [0.15, 0.2) is 11.6 Å². The Labute approximate surface area is 80.3 Å². The first-order chi connectivity index (χ1) is 6.44. The SMILES string of the molecule is NCC(=O)C(O)(C(=O)CN)C(O)CO. The van der Waals surface area contributed by atoms with Crippen LogP contribution in [0.1, 0.15) is 0 Å². The summed E-state index contributed by atoms with van der Waals surface area (Å²) in [4.78, 5) is 22.2. The monoisotopic (exact) mass is 206 g/mol. The molecule has 7 nitrogen and oxygen atoms in total. The fourth-order valence-corrected chi connectivity index (χ4v) is 0.970. The molecule has 7 heteroatoms. The topological polar surface area (TPSA) is 147 Å². The molecule has 0 spiro atoms. The summed E-state index contributed by atoms with van der Waals surface area (Å²) in [5.41, 5.74) is 7.20. The number of aliphatic hydroxyl groups is 3. The lowest BCUT2D eigenvalue weighted by Crippen LogP contribution is -2.60. The van der Waals surface area contributed by atoms with Gasteiger partial charge < -0.3 is 26.8 Å². The predicted octanol–water partition coefficient (Wildman–Crippen LogP) is -3.87. The molecule has 0 bridgehead atoms. The van der Waals surface area contributed by atoms with Gasteiger partial charge in [0.2, 0.25) is 5.60 Å². The van der Waals surface area contributed by atoms with Gasteiger partial charge in [-0.2, -0.15) is 0 Å². The predicted molar refractivity (Wildman–Crippen MR) is 46.2 cm³/mol. The van der Waals surface area contributed by atoms with Crippen LogP contribution in [-0.4, -0.2) is 58.3 Å². The van der Waals surface area contributed by atoms with E-state index in [9.17, 15) is 14.7 Å². The van der Waals surface area contributed by atoms with Gasteiger partial charge in [0.25, 0.3) is 0 Å². The first-order valence-corrected chi connectivity index (χ1v) is 3.93. The number of hydrogen-bond donors (Lipinski definition) is 5. The number of carbonyl (C=O) groups is 2. The number of ketones is 2. The highest BCUT2D eigenvalue weighted by Crippen LogP contribution is 2.13. The van der Waals surface area contributed by atoms with Gasteiger partial charge in [-0.05, 0) is 0 Å². The fourth-order valence-electron chi connectivity index (χ4n) is 0.970. The Balaban J connectivity index is 5.03. The molecular weight excluding hydrogens is 192 g/mol. The van der Waals surface area contributed by atoms with E-state index in [2.05, 4.69) is 0 Å². The quantitative estimate of drug-likeness (QED) is 0.279. The molecule has 0 radical (unpaired) electrons. The molecule has 0 saturated heterocycles. The van der Waals surface area contributed by atoms with Crippen molar-refractivity contribution in [1.82, 2.24) is 0 Å². The third kappa shape index (κ3) is 2.14. The number of hydrogen-bond acceptors (Lipinski definition) is 7. The molecule has 0 aliphatic rings. The van der Waals surface area contributed by atoms with Crippen LogP contribution in [0.5, 0.6) is 0 Å². The van der Waals surface area contributed by atoms with Crippen LogP contribution in [0.15, 0.2) is 0 Å². The average Bonchev–Trinajstić information content (AvgIpc) is 2.24. The van der Waals surface area contributed by atoms with Crippen molar-refractivity contribution in [2.75, 3.05) is 19.7 Å². The lowest BCUT2D eigenvalue weighted by atomic mass is 9.87. The van der Waals surface area contributed by atoms with E-state index in [1.165, 1.54) is 0 Å². The van der Waals surface area contributed by atoms with E-state index >= 15 is 0 Å². The molecule has 7 N–H and O–H groups in total. The standard InChI is InChI=1S/C7H14N2O5/c8-1-4(11)7(14,5(12)2-9)6(13)3-10/h6,10,13-14H,1-3,8-9H2. The molecule has 0 amide bonds. The van der Waals surface area contributed by atoms with Crippen molar-refractivity contribution in [3.05, 3.63) is 0 Å². The Morgan fingerprint density at radius 2 is 1.57 bits per heavy atom. The van der Waals surface area contributed by atoms with E-state index in [0.717, 1.165) is 0 Å². The number of nitrogens with two attached hydrogens (primary N) is 2. The minimum atomic E-state index is -2.70. The van der Waals surface area contributed by atoms with Crippen LogP contribution in [0.25, 0.3) is 0 Å². The van der Waals surface area contributed by atoms with Crippen molar-refractivity contribution in [2.24, 2.45) is 11.5 Å². The Morgan fingerprint density at radius 3 is 1.79 bits per heavy atom. The summed E-state index contributed by atoms with van der Waals surface area (Å²) in [5.74, 6) is -2.15. The average molecular weight is 206 g/mol. The lowest BCUT2D eigenvalue weighted by Gasteiger charge is -2.27. The minimum absolute atomic E-state index is 0.626. The van der Waals surface area contributed by atoms with Crippen molar-refractivity contribution >= 4 is 11.6 Å². The molecule has 0 aromatic carbocycles. The summed E-state index contributed by atoms with van der Waals surface area (Å²) in [5, 5.41) is 27.2. The molecule has 0 aromatic heterocycles. The van der Waals surface area contributed by atoms with Gasteiger partial charge in [0.05, 0.1) is 19.7 Å². The molecule has 0 aromatic rings. The van der Waals surface area contributed by atoms with Crippen LogP contribution in [0.2, 0.25) is 0 Å². The van der Waals surface area contributed by atoms with Crippen LogP contribution < -0.4 is 11.5 Å². The molecule has 0 aliphatic heterocycles. The number of aliphatic hydroxyl groups excluding tert-OH is 2. The lowest BCUT2D eigenvalue weighted by molar-refractivity contribution is -0.164. The number of Topliss-reactive ketones (excluding diaryl/α,β-unsaturated/α-hetero) is 2. The van der Waals surface area contributed by atoms with Crippen LogP contribution in [0, 0.1) is 0 Å². The largest absolute Gasteiger partial charge is 0.394 e. The van der Waals surface area contributed by atoms with Gasteiger partial charge in [0, 0.05) is 0 Å². The Morgan fingerprint density at radius 1 is 1.21 bits per heavy atom. The summed E-state index contributed by atoms with van der Waals surface area (Å²) in [6.07, 6.45) is -1.91. The molecule has 0 heterocycles. The van der Waals surface area contributed by atoms with Crippen molar-refractivity contribution in [1.29, 1.82) is 0 Å². The van der Waals surface area contributed by atoms with E-state index in [-0.39, 0.29) is 0 Å². The van der Waals surface area contributed by atoms with Gasteiger partial charge in [-0.25, -0.2) is 0 Å². The second kappa shape index (κ2) is 5.13. The van der Waals surface area contributed by atoms with Gasteiger partial charge in [0.1, 0.15) is 6.10 Å². The highest BCUT2D eigenvalue weighted by atomic mass is 16.4. The molecule has 0 rings (SSSR count). The normalized spacial score (nSPS) is 13.8. The highest BCUT2D eigenvalue weighted by Gasteiger charge is 2.47. The zero-order valence-corrected chi connectivity index (χ0v) is 7.51. The molecule has 82 valence electrons. The van der Waals surface area contributed by atoms with Crippen LogP contribution in [0.4, 0.5) is 0 Å². The maximum Gasteiger partial charge on any atom is 0.212 e. The second-order valence-corrected chi connectivity index (χ2v) is 2.72. The summed E-state index contributed by atoms with van der Waals surface area (Å²) in [7, 11) is 0. The summed E-state index contributed by atoms with van der Waals surface area (Å²) < 4.78 is 0. The van der Waals surface area contributed by atoms with Crippen molar-refractivity contribution in [2.45, 2.75) is 11.7 Å². The zero-order chi connectivity index (χ0) is 11.4. The highest BCUT2D eigenvalue weighted by molar-refractivity contribution is 6.12. The molecule has 1 unspecified atom stereocenters. The maximum absolute atomic E-state index is 11.1. The minimum Gasteiger partial charge on any atom is -0.394 e. The van der Waals surface area contributed by atoms with E-state index < -0.39 is 43.0 Å². The second-order valence-electron chi connectivity index (χ2n) is 2.72. The van der Waals surface area contributed by atoms with Crippen molar-refractivity contribution < 1.29 is 24.9 Å². The zero-order valence-electron chi connectivity index (χ0n) is 7.51. The smallest absolute Gasteiger partial charge is 0.212 e. The third-order valence-corrected chi connectivity index (χ3v) is 1.88. The van der Waals surface area contributed by atoms with E-state index in [1.54, 1.807) is 0 Å². The molecule has 0 aliphatic carbocycles.